The van der Waals surface area contributed by atoms with E-state index in [9.17, 15) is 9.59 Å². The molecule has 2 rings (SSSR count). The summed E-state index contributed by atoms with van der Waals surface area (Å²) in [5, 5.41) is 3.90. The Bertz CT molecular complexity index is 602. The molecule has 1 aromatic carbocycles. The third kappa shape index (κ3) is 4.08. The van der Waals surface area contributed by atoms with E-state index < -0.39 is 11.5 Å². The molecule has 132 valence electrons. The van der Waals surface area contributed by atoms with Crippen LogP contribution in [0.3, 0.4) is 0 Å². The first-order valence-electron chi connectivity index (χ1n) is 8.17. The lowest BCUT2D eigenvalue weighted by atomic mass is 9.90. The lowest BCUT2D eigenvalue weighted by Crippen LogP contribution is -2.47. The summed E-state index contributed by atoms with van der Waals surface area (Å²) in [6, 6.07) is 6.91. The van der Waals surface area contributed by atoms with E-state index in [2.05, 4.69) is 5.32 Å². The molecule has 1 N–H and O–H groups in total. The summed E-state index contributed by atoms with van der Waals surface area (Å²) >= 11 is 5.94. The standard InChI is InChI=1S/C18H24ClNO4/c1-5-23-16(21)14-10-18(4,17(22)24-11(2)3)20-15(14)12-6-8-13(19)9-7-12/h6-9,11,14-15,20H,5,10H2,1-4H3/t14-,15-,18?/m1/s1. The van der Waals surface area contributed by atoms with E-state index in [4.69, 9.17) is 21.1 Å². The van der Waals surface area contributed by atoms with E-state index in [1.165, 1.54) is 0 Å². The highest BCUT2D eigenvalue weighted by Gasteiger charge is 2.51. The lowest BCUT2D eigenvalue weighted by molar-refractivity contribution is -0.154. The fourth-order valence-electron chi connectivity index (χ4n) is 3.00. The summed E-state index contributed by atoms with van der Waals surface area (Å²) in [5.74, 6) is -1.13. The predicted octanol–water partition coefficient (Wildman–Crippen LogP) is 3.26. The van der Waals surface area contributed by atoms with Gasteiger partial charge in [-0.05, 0) is 51.8 Å². The highest BCUT2D eigenvalue weighted by Crippen LogP contribution is 2.40. The summed E-state index contributed by atoms with van der Waals surface area (Å²) in [6.45, 7) is 7.44. The highest BCUT2D eigenvalue weighted by atomic mass is 35.5. The van der Waals surface area contributed by atoms with Crippen molar-refractivity contribution in [2.75, 3.05) is 6.61 Å². The van der Waals surface area contributed by atoms with Crippen molar-refractivity contribution in [3.05, 3.63) is 34.9 Å². The third-order valence-electron chi connectivity index (χ3n) is 4.12. The molecule has 1 saturated heterocycles. The van der Waals surface area contributed by atoms with Gasteiger partial charge in [0, 0.05) is 11.1 Å². The first-order chi connectivity index (χ1) is 11.3. The van der Waals surface area contributed by atoms with Crippen molar-refractivity contribution in [2.45, 2.75) is 51.8 Å². The second kappa shape index (κ2) is 7.53. The second-order valence-corrected chi connectivity index (χ2v) is 6.96. The Morgan fingerprint density at radius 1 is 1.33 bits per heavy atom. The topological polar surface area (TPSA) is 64.6 Å². The van der Waals surface area contributed by atoms with Gasteiger partial charge in [-0.25, -0.2) is 0 Å². The molecule has 5 nitrogen and oxygen atoms in total. The van der Waals surface area contributed by atoms with Crippen molar-refractivity contribution < 1.29 is 19.1 Å². The van der Waals surface area contributed by atoms with Crippen molar-refractivity contribution in [3.8, 4) is 0 Å². The van der Waals surface area contributed by atoms with Crippen molar-refractivity contribution in [3.63, 3.8) is 0 Å². The maximum absolute atomic E-state index is 12.5. The van der Waals surface area contributed by atoms with E-state index in [1.54, 1.807) is 39.8 Å². The van der Waals surface area contributed by atoms with Gasteiger partial charge >= 0.3 is 11.9 Å². The molecule has 0 saturated carbocycles. The normalized spacial score (nSPS) is 26.4. The minimum absolute atomic E-state index is 0.216. The number of hydrogen-bond acceptors (Lipinski definition) is 5. The molecule has 1 heterocycles. The number of carbonyl (C=O) groups excluding carboxylic acids is 2. The van der Waals surface area contributed by atoms with Gasteiger partial charge in [-0.1, -0.05) is 23.7 Å². The van der Waals surface area contributed by atoms with Crippen molar-refractivity contribution in [1.82, 2.24) is 5.32 Å². The van der Waals surface area contributed by atoms with Gasteiger partial charge in [0.1, 0.15) is 5.54 Å². The Hall–Kier alpha value is -1.59. The van der Waals surface area contributed by atoms with E-state index in [-0.39, 0.29) is 24.1 Å². The maximum Gasteiger partial charge on any atom is 0.326 e. The van der Waals surface area contributed by atoms with Crippen molar-refractivity contribution in [2.24, 2.45) is 5.92 Å². The summed E-state index contributed by atoms with van der Waals surface area (Å²) in [5.41, 5.74) is -0.0510. The van der Waals surface area contributed by atoms with Crippen LogP contribution < -0.4 is 5.32 Å². The smallest absolute Gasteiger partial charge is 0.326 e. The minimum Gasteiger partial charge on any atom is -0.466 e. The van der Waals surface area contributed by atoms with Crippen LogP contribution in [0.2, 0.25) is 5.02 Å². The molecule has 1 aromatic rings. The molecule has 1 aliphatic rings. The average Bonchev–Trinajstić information content (AvgIpc) is 2.87. The molecule has 0 spiro atoms. The van der Waals surface area contributed by atoms with E-state index >= 15 is 0 Å². The number of benzene rings is 1. The summed E-state index contributed by atoms with van der Waals surface area (Å²) in [4.78, 5) is 24.9. The molecular weight excluding hydrogens is 330 g/mol. The zero-order valence-corrected chi connectivity index (χ0v) is 15.2. The summed E-state index contributed by atoms with van der Waals surface area (Å²) in [6.07, 6.45) is 0.108. The third-order valence-corrected chi connectivity index (χ3v) is 4.37. The Morgan fingerprint density at radius 3 is 2.50 bits per heavy atom. The van der Waals surface area contributed by atoms with Crippen LogP contribution >= 0.6 is 11.6 Å². The number of ether oxygens (including phenoxy) is 2. The number of esters is 2. The number of rotatable bonds is 5. The molecule has 1 aliphatic heterocycles. The average molecular weight is 354 g/mol. The van der Waals surface area contributed by atoms with E-state index in [0.29, 0.717) is 18.1 Å². The molecular formula is C18H24ClNO4. The largest absolute Gasteiger partial charge is 0.466 e. The van der Waals surface area contributed by atoms with Gasteiger partial charge in [0.25, 0.3) is 0 Å². The Morgan fingerprint density at radius 2 is 1.96 bits per heavy atom. The Kier molecular flexibility index (Phi) is 5.88. The first kappa shape index (κ1) is 18.7. The molecule has 24 heavy (non-hydrogen) atoms. The SMILES string of the molecule is CCOC(=O)[C@@H]1CC(C)(C(=O)OC(C)C)N[C@@H]1c1ccc(Cl)cc1. The Labute approximate surface area is 147 Å². The van der Waals surface area contributed by atoms with Crippen LogP contribution in [0, 0.1) is 5.92 Å². The maximum atomic E-state index is 12.5. The van der Waals surface area contributed by atoms with Crippen LogP contribution in [0.1, 0.15) is 45.7 Å². The first-order valence-corrected chi connectivity index (χ1v) is 8.55. The van der Waals surface area contributed by atoms with Crippen LogP contribution in [0.15, 0.2) is 24.3 Å². The highest BCUT2D eigenvalue weighted by molar-refractivity contribution is 6.30. The van der Waals surface area contributed by atoms with Crippen LogP contribution in [-0.2, 0) is 19.1 Å². The van der Waals surface area contributed by atoms with Gasteiger partial charge in [0.15, 0.2) is 0 Å². The zero-order valence-electron chi connectivity index (χ0n) is 14.5. The number of halogens is 1. The van der Waals surface area contributed by atoms with Crippen molar-refractivity contribution in [1.29, 1.82) is 0 Å². The fourth-order valence-corrected chi connectivity index (χ4v) is 3.13. The van der Waals surface area contributed by atoms with Gasteiger partial charge in [-0.2, -0.15) is 0 Å². The molecule has 6 heteroatoms. The van der Waals surface area contributed by atoms with Crippen LogP contribution in [0.5, 0.6) is 0 Å². The van der Waals surface area contributed by atoms with Gasteiger partial charge in [-0.3, -0.25) is 14.9 Å². The molecule has 1 unspecified atom stereocenters. The van der Waals surface area contributed by atoms with Gasteiger partial charge in [-0.15, -0.1) is 0 Å². The molecule has 0 amide bonds. The predicted molar refractivity (Wildman–Crippen MR) is 91.7 cm³/mol. The number of nitrogens with one attached hydrogen (secondary N) is 1. The zero-order chi connectivity index (χ0) is 17.9. The van der Waals surface area contributed by atoms with Gasteiger partial charge in [0.05, 0.1) is 18.6 Å². The van der Waals surface area contributed by atoms with Crippen LogP contribution in [0.4, 0.5) is 0 Å². The Balaban J connectivity index is 2.30. The fraction of sp³-hybridized carbons (Fsp3) is 0.556. The molecule has 0 radical (unpaired) electrons. The van der Waals surface area contributed by atoms with Crippen LogP contribution in [0.25, 0.3) is 0 Å². The van der Waals surface area contributed by atoms with Crippen molar-refractivity contribution >= 4 is 23.5 Å². The molecule has 3 atom stereocenters. The lowest BCUT2D eigenvalue weighted by Gasteiger charge is -2.25. The second-order valence-electron chi connectivity index (χ2n) is 6.52. The number of carbonyl (C=O) groups is 2. The molecule has 0 aliphatic carbocycles. The monoisotopic (exact) mass is 353 g/mol. The van der Waals surface area contributed by atoms with E-state index in [1.807, 2.05) is 12.1 Å². The summed E-state index contributed by atoms with van der Waals surface area (Å²) in [7, 11) is 0. The molecule has 0 aromatic heterocycles. The van der Waals surface area contributed by atoms with Gasteiger partial charge in [0.2, 0.25) is 0 Å². The quantitative estimate of drug-likeness (QED) is 0.823. The minimum atomic E-state index is -0.938. The van der Waals surface area contributed by atoms with E-state index in [0.717, 1.165) is 5.56 Å². The molecule has 0 bridgehead atoms. The number of hydrogen-bond donors (Lipinski definition) is 1. The molecule has 1 fully saturated rings. The van der Waals surface area contributed by atoms with Gasteiger partial charge < -0.3 is 9.47 Å². The summed E-state index contributed by atoms with van der Waals surface area (Å²) < 4.78 is 10.6. The van der Waals surface area contributed by atoms with Crippen LogP contribution in [-0.4, -0.2) is 30.2 Å².